The lowest BCUT2D eigenvalue weighted by Crippen LogP contribution is -2.38. The van der Waals surface area contributed by atoms with Gasteiger partial charge in [0.2, 0.25) is 10.0 Å². The van der Waals surface area contributed by atoms with Gasteiger partial charge in [0, 0.05) is 18.2 Å². The van der Waals surface area contributed by atoms with Crippen molar-refractivity contribution in [3.63, 3.8) is 0 Å². The molecule has 6 heteroatoms. The van der Waals surface area contributed by atoms with E-state index in [-0.39, 0.29) is 17.5 Å². The minimum Gasteiger partial charge on any atom is -0.320 e. The average Bonchev–Trinajstić information content (AvgIpc) is 2.89. The normalized spacial score (nSPS) is 19.2. The fraction of sp³-hybridized carbons (Fsp3) is 0.467. The fourth-order valence-corrected chi connectivity index (χ4v) is 3.54. The zero-order valence-electron chi connectivity index (χ0n) is 12.2. The second-order valence-corrected chi connectivity index (χ2v) is 6.93. The molecule has 0 aliphatic carbocycles. The van der Waals surface area contributed by atoms with E-state index in [9.17, 15) is 8.42 Å². The third-order valence-electron chi connectivity index (χ3n) is 3.66. The Bertz CT molecular complexity index is 646. The molecule has 0 bridgehead atoms. The maximum atomic E-state index is 12.3. The molecule has 1 aromatic carbocycles. The monoisotopic (exact) mass is 307 g/mol. The maximum Gasteiger partial charge on any atom is 0.240 e. The van der Waals surface area contributed by atoms with Gasteiger partial charge in [-0.3, -0.25) is 0 Å². The van der Waals surface area contributed by atoms with E-state index >= 15 is 0 Å². The quantitative estimate of drug-likeness (QED) is 0.788. The molecule has 114 valence electrons. The van der Waals surface area contributed by atoms with Crippen LogP contribution in [0.15, 0.2) is 29.2 Å². The second-order valence-electron chi connectivity index (χ2n) is 5.16. The molecule has 3 N–H and O–H groups in total. The van der Waals surface area contributed by atoms with Crippen LogP contribution in [0.1, 0.15) is 18.4 Å². The van der Waals surface area contributed by atoms with Crippen LogP contribution in [0.4, 0.5) is 0 Å². The van der Waals surface area contributed by atoms with Crippen LogP contribution in [-0.4, -0.2) is 46.0 Å². The van der Waals surface area contributed by atoms with Crippen LogP contribution in [0.3, 0.4) is 0 Å². The van der Waals surface area contributed by atoms with Gasteiger partial charge >= 0.3 is 0 Å². The van der Waals surface area contributed by atoms with E-state index in [0.29, 0.717) is 12.1 Å². The van der Waals surface area contributed by atoms with Crippen LogP contribution in [-0.2, 0) is 10.0 Å². The summed E-state index contributed by atoms with van der Waals surface area (Å²) < 4.78 is 27.3. The first kappa shape index (κ1) is 16.0. The van der Waals surface area contributed by atoms with Crippen molar-refractivity contribution in [3.05, 3.63) is 29.8 Å². The molecule has 1 unspecified atom stereocenters. The van der Waals surface area contributed by atoms with Crippen LogP contribution >= 0.6 is 0 Å². The number of nitrogens with two attached hydrogens (primary N) is 1. The highest BCUT2D eigenvalue weighted by Gasteiger charge is 2.23. The number of benzene rings is 1. The van der Waals surface area contributed by atoms with Crippen molar-refractivity contribution < 1.29 is 8.42 Å². The van der Waals surface area contributed by atoms with Crippen LogP contribution in [0.5, 0.6) is 0 Å². The summed E-state index contributed by atoms with van der Waals surface area (Å²) in [4.78, 5) is 2.43. The van der Waals surface area contributed by atoms with Gasteiger partial charge < -0.3 is 10.6 Å². The topological polar surface area (TPSA) is 75.4 Å². The smallest absolute Gasteiger partial charge is 0.240 e. The predicted octanol–water partition coefficient (Wildman–Crippen LogP) is 0.369. The van der Waals surface area contributed by atoms with Crippen molar-refractivity contribution in [2.24, 2.45) is 5.73 Å². The maximum absolute atomic E-state index is 12.3. The molecule has 1 aliphatic rings. The third kappa shape index (κ3) is 4.29. The van der Waals surface area contributed by atoms with Gasteiger partial charge in [0.15, 0.2) is 0 Å². The van der Waals surface area contributed by atoms with Crippen LogP contribution < -0.4 is 10.5 Å². The number of sulfonamides is 1. The number of hydrogen-bond acceptors (Lipinski definition) is 4. The van der Waals surface area contributed by atoms with E-state index in [2.05, 4.69) is 21.5 Å². The number of likely N-dealkylation sites (tertiary alicyclic amines) is 1. The molecule has 21 heavy (non-hydrogen) atoms. The average molecular weight is 307 g/mol. The second kappa shape index (κ2) is 7.05. The standard InChI is InChI=1S/C15H21N3O2S/c1-18-10-4-7-14(18)12-17-21(19,20)15-8-2-5-13(11-15)6-3-9-16/h2,5,8,11,14,17H,4,7,9-10,12,16H2,1H3. The Balaban J connectivity index is 2.08. The number of nitrogens with one attached hydrogen (secondary N) is 1. The molecule has 1 aromatic rings. The van der Waals surface area contributed by atoms with Crippen molar-refractivity contribution in [2.45, 2.75) is 23.8 Å². The van der Waals surface area contributed by atoms with Gasteiger partial charge in [0.05, 0.1) is 11.4 Å². The summed E-state index contributed by atoms with van der Waals surface area (Å²) in [5, 5.41) is 0. The highest BCUT2D eigenvalue weighted by atomic mass is 32.2. The minimum absolute atomic E-state index is 0.243. The zero-order valence-corrected chi connectivity index (χ0v) is 13.0. The molecule has 0 saturated carbocycles. The van der Waals surface area contributed by atoms with Gasteiger partial charge in [-0.1, -0.05) is 17.9 Å². The predicted molar refractivity (Wildman–Crippen MR) is 83.2 cm³/mol. The first-order valence-electron chi connectivity index (χ1n) is 7.02. The molecule has 1 aliphatic heterocycles. The van der Waals surface area contributed by atoms with E-state index in [4.69, 9.17) is 5.73 Å². The van der Waals surface area contributed by atoms with Crippen LogP contribution in [0.2, 0.25) is 0 Å². The van der Waals surface area contributed by atoms with E-state index in [1.54, 1.807) is 24.3 Å². The molecule has 0 radical (unpaired) electrons. The Morgan fingerprint density at radius 1 is 1.48 bits per heavy atom. The van der Waals surface area contributed by atoms with Gasteiger partial charge in [-0.25, -0.2) is 13.1 Å². The molecule has 1 fully saturated rings. The Kier molecular flexibility index (Phi) is 5.37. The summed E-state index contributed by atoms with van der Waals surface area (Å²) in [6.07, 6.45) is 2.15. The largest absolute Gasteiger partial charge is 0.320 e. The number of rotatable bonds is 4. The van der Waals surface area contributed by atoms with E-state index < -0.39 is 10.0 Å². The van der Waals surface area contributed by atoms with Gasteiger partial charge in [0.1, 0.15) is 0 Å². The Hall–Kier alpha value is -1.39. The SMILES string of the molecule is CN1CCCC1CNS(=O)(=O)c1cccc(C#CCN)c1. The Morgan fingerprint density at radius 3 is 2.95 bits per heavy atom. The highest BCUT2D eigenvalue weighted by Crippen LogP contribution is 2.15. The molecule has 5 nitrogen and oxygen atoms in total. The minimum atomic E-state index is -3.49. The van der Waals surface area contributed by atoms with Crippen molar-refractivity contribution in [1.29, 1.82) is 0 Å². The van der Waals surface area contributed by atoms with Crippen molar-refractivity contribution in [2.75, 3.05) is 26.7 Å². The molecule has 0 aromatic heterocycles. The van der Waals surface area contributed by atoms with Gasteiger partial charge in [-0.15, -0.1) is 0 Å². The molecule has 1 atom stereocenters. The van der Waals surface area contributed by atoms with Crippen LogP contribution in [0.25, 0.3) is 0 Å². The van der Waals surface area contributed by atoms with E-state index in [1.807, 2.05) is 7.05 Å². The number of likely N-dealkylation sites (N-methyl/N-ethyl adjacent to an activating group) is 1. The fourth-order valence-electron chi connectivity index (χ4n) is 2.42. The summed E-state index contributed by atoms with van der Waals surface area (Å²) in [6, 6.07) is 6.89. The van der Waals surface area contributed by atoms with Gasteiger partial charge in [-0.2, -0.15) is 0 Å². The molecule has 2 rings (SSSR count). The summed E-state index contributed by atoms with van der Waals surface area (Å²) in [5.74, 6) is 5.57. The van der Waals surface area contributed by atoms with Crippen molar-refractivity contribution in [3.8, 4) is 11.8 Å². The Labute approximate surface area is 126 Å². The number of nitrogens with zero attached hydrogens (tertiary/aromatic N) is 1. The first-order chi connectivity index (χ1) is 10.0. The lowest BCUT2D eigenvalue weighted by Gasteiger charge is -2.19. The van der Waals surface area contributed by atoms with Crippen molar-refractivity contribution in [1.82, 2.24) is 9.62 Å². The lowest BCUT2D eigenvalue weighted by molar-refractivity contribution is 0.311. The molecular formula is C15H21N3O2S. The third-order valence-corrected chi connectivity index (χ3v) is 5.08. The first-order valence-corrected chi connectivity index (χ1v) is 8.50. The van der Waals surface area contributed by atoms with Gasteiger partial charge in [0.25, 0.3) is 0 Å². The van der Waals surface area contributed by atoms with E-state index in [1.165, 1.54) is 0 Å². The molecule has 0 amide bonds. The van der Waals surface area contributed by atoms with Crippen molar-refractivity contribution >= 4 is 10.0 Å². The molecule has 1 heterocycles. The molecule has 1 saturated heterocycles. The van der Waals surface area contributed by atoms with E-state index in [0.717, 1.165) is 19.4 Å². The molecular weight excluding hydrogens is 286 g/mol. The molecule has 0 spiro atoms. The number of hydrogen-bond donors (Lipinski definition) is 2. The summed E-state index contributed by atoms with van der Waals surface area (Å²) in [5.41, 5.74) is 5.98. The summed E-state index contributed by atoms with van der Waals surface area (Å²) >= 11 is 0. The lowest BCUT2D eigenvalue weighted by atomic mass is 10.2. The summed E-state index contributed by atoms with van der Waals surface area (Å²) in [7, 11) is -1.47. The zero-order chi connectivity index (χ0) is 15.3. The van der Waals surface area contributed by atoms with Crippen LogP contribution in [0, 0.1) is 11.8 Å². The summed E-state index contributed by atoms with van der Waals surface area (Å²) in [6.45, 7) is 1.72. The van der Waals surface area contributed by atoms with Gasteiger partial charge in [-0.05, 0) is 44.6 Å². The Morgan fingerprint density at radius 2 is 2.29 bits per heavy atom. The highest BCUT2D eigenvalue weighted by molar-refractivity contribution is 7.89.